The number of carbonyl (C=O) groups excluding carboxylic acids is 2. The Morgan fingerprint density at radius 3 is 2.65 bits per heavy atom. The Balaban J connectivity index is 1.76. The van der Waals surface area contributed by atoms with E-state index in [1.54, 1.807) is 12.1 Å². The fourth-order valence-electron chi connectivity index (χ4n) is 3.01. The first kappa shape index (κ1) is 19.2. The second-order valence-electron chi connectivity index (χ2n) is 6.34. The Labute approximate surface area is 174 Å². The van der Waals surface area contributed by atoms with Crippen molar-refractivity contribution in [1.82, 2.24) is 5.32 Å². The van der Waals surface area contributed by atoms with Crippen LogP contribution in [0.2, 0.25) is 0 Å². The number of halogens is 1. The molecule has 136 valence electrons. The number of amides is 2. The third kappa shape index (κ3) is 4.24. The van der Waals surface area contributed by atoms with Crippen LogP contribution >= 0.6 is 46.1 Å². The van der Waals surface area contributed by atoms with E-state index in [9.17, 15) is 9.59 Å². The number of thiophene rings is 1. The summed E-state index contributed by atoms with van der Waals surface area (Å²) in [6.45, 7) is 2.20. The maximum absolute atomic E-state index is 12.3. The molecule has 3 rings (SSSR count). The van der Waals surface area contributed by atoms with Gasteiger partial charge in [0.05, 0.1) is 5.56 Å². The molecule has 0 saturated carbocycles. The van der Waals surface area contributed by atoms with Crippen molar-refractivity contribution in [1.29, 1.82) is 0 Å². The molecule has 1 aliphatic carbocycles. The number of benzene rings is 1. The van der Waals surface area contributed by atoms with E-state index in [0.29, 0.717) is 22.0 Å². The number of hydrogen-bond donors (Lipinski definition) is 3. The highest BCUT2D eigenvalue weighted by Crippen LogP contribution is 2.39. The number of thiocarbonyl (C=S) groups is 1. The van der Waals surface area contributed by atoms with Crippen LogP contribution in [0.15, 0.2) is 24.3 Å². The summed E-state index contributed by atoms with van der Waals surface area (Å²) in [5.41, 5.74) is 7.64. The Morgan fingerprint density at radius 1 is 1.31 bits per heavy atom. The fourth-order valence-corrected chi connectivity index (χ4v) is 5.05. The van der Waals surface area contributed by atoms with Crippen molar-refractivity contribution in [3.63, 3.8) is 0 Å². The summed E-state index contributed by atoms with van der Waals surface area (Å²) in [4.78, 5) is 25.4. The maximum atomic E-state index is 12.3. The van der Waals surface area contributed by atoms with Crippen molar-refractivity contribution >= 4 is 68.1 Å². The molecule has 1 aliphatic rings. The van der Waals surface area contributed by atoms with Gasteiger partial charge in [-0.25, -0.2) is 0 Å². The summed E-state index contributed by atoms with van der Waals surface area (Å²) in [6, 6.07) is 7.18. The molecule has 1 aromatic heterocycles. The summed E-state index contributed by atoms with van der Waals surface area (Å²) >= 11 is 8.93. The van der Waals surface area contributed by atoms with Crippen molar-refractivity contribution < 1.29 is 9.59 Å². The zero-order valence-electron chi connectivity index (χ0n) is 14.1. The molecule has 5 nitrogen and oxygen atoms in total. The van der Waals surface area contributed by atoms with E-state index in [-0.39, 0.29) is 11.0 Å². The van der Waals surface area contributed by atoms with E-state index in [1.165, 1.54) is 16.2 Å². The van der Waals surface area contributed by atoms with E-state index in [1.807, 2.05) is 12.1 Å². The summed E-state index contributed by atoms with van der Waals surface area (Å²) in [5, 5.41) is 6.42. The highest BCUT2D eigenvalue weighted by Gasteiger charge is 2.27. The van der Waals surface area contributed by atoms with E-state index < -0.39 is 5.91 Å². The van der Waals surface area contributed by atoms with Gasteiger partial charge in [0.15, 0.2) is 5.11 Å². The molecular weight excluding hydrogens is 481 g/mol. The predicted octanol–water partition coefficient (Wildman–Crippen LogP) is 3.70. The lowest BCUT2D eigenvalue weighted by Gasteiger charge is -2.18. The molecule has 0 spiro atoms. The molecule has 0 fully saturated rings. The molecular formula is C18H18IN3O2S2. The zero-order chi connectivity index (χ0) is 18.8. The Bertz CT molecular complexity index is 877. The normalized spacial score (nSPS) is 15.8. The number of hydrogen-bond acceptors (Lipinski definition) is 4. The van der Waals surface area contributed by atoms with Gasteiger partial charge in [-0.15, -0.1) is 11.3 Å². The molecule has 4 N–H and O–H groups in total. The van der Waals surface area contributed by atoms with Gasteiger partial charge in [0.25, 0.3) is 11.8 Å². The molecule has 2 aromatic rings. The lowest BCUT2D eigenvalue weighted by atomic mass is 9.88. The lowest BCUT2D eigenvalue weighted by Crippen LogP contribution is -2.34. The van der Waals surface area contributed by atoms with Crippen LogP contribution in [0.4, 0.5) is 5.00 Å². The number of fused-ring (bicyclic) bond motifs is 1. The van der Waals surface area contributed by atoms with Gasteiger partial charge in [0.2, 0.25) is 0 Å². The van der Waals surface area contributed by atoms with Crippen LogP contribution in [0.1, 0.15) is 44.5 Å². The maximum Gasteiger partial charge on any atom is 0.257 e. The minimum absolute atomic E-state index is 0.155. The quantitative estimate of drug-likeness (QED) is 0.444. The summed E-state index contributed by atoms with van der Waals surface area (Å²) in [5.74, 6) is -0.178. The number of rotatable bonds is 3. The second kappa shape index (κ2) is 8.01. The van der Waals surface area contributed by atoms with E-state index in [4.69, 9.17) is 18.0 Å². The van der Waals surface area contributed by atoms with Crippen molar-refractivity contribution in [3.8, 4) is 0 Å². The number of primary amides is 1. The highest BCUT2D eigenvalue weighted by molar-refractivity contribution is 14.1. The van der Waals surface area contributed by atoms with Crippen molar-refractivity contribution in [2.45, 2.75) is 26.2 Å². The summed E-state index contributed by atoms with van der Waals surface area (Å²) < 4.78 is 1.05. The molecule has 0 aliphatic heterocycles. The van der Waals surface area contributed by atoms with Crippen LogP contribution in [0.5, 0.6) is 0 Å². The summed E-state index contributed by atoms with van der Waals surface area (Å²) in [7, 11) is 0. The van der Waals surface area contributed by atoms with Gasteiger partial charge >= 0.3 is 0 Å². The molecule has 1 heterocycles. The number of anilines is 1. The molecule has 1 aromatic carbocycles. The van der Waals surface area contributed by atoms with E-state index >= 15 is 0 Å². The average molecular weight is 499 g/mol. The topological polar surface area (TPSA) is 84.2 Å². The first-order valence-electron chi connectivity index (χ1n) is 8.17. The first-order chi connectivity index (χ1) is 12.3. The molecule has 1 atom stereocenters. The van der Waals surface area contributed by atoms with Gasteiger partial charge in [0, 0.05) is 14.0 Å². The van der Waals surface area contributed by atoms with Crippen molar-refractivity contribution in [3.05, 3.63) is 49.4 Å². The number of carbonyl (C=O) groups is 2. The largest absolute Gasteiger partial charge is 0.365 e. The van der Waals surface area contributed by atoms with E-state index in [0.717, 1.165) is 28.4 Å². The average Bonchev–Trinajstić information content (AvgIpc) is 2.91. The number of nitrogens with two attached hydrogens (primary N) is 1. The third-order valence-corrected chi connectivity index (χ3v) is 6.41. The molecule has 0 radical (unpaired) electrons. The van der Waals surface area contributed by atoms with Crippen LogP contribution < -0.4 is 16.4 Å². The molecule has 8 heteroatoms. The monoisotopic (exact) mass is 499 g/mol. The van der Waals surface area contributed by atoms with Crippen LogP contribution in [0.25, 0.3) is 0 Å². The van der Waals surface area contributed by atoms with Crippen LogP contribution in [-0.4, -0.2) is 16.9 Å². The zero-order valence-corrected chi connectivity index (χ0v) is 17.9. The predicted molar refractivity (Wildman–Crippen MR) is 117 cm³/mol. The fraction of sp³-hybridized carbons (Fsp3) is 0.278. The molecule has 2 amide bonds. The van der Waals surface area contributed by atoms with Crippen LogP contribution in [0, 0.1) is 9.49 Å². The van der Waals surface area contributed by atoms with Crippen molar-refractivity contribution in [2.24, 2.45) is 11.7 Å². The molecule has 0 saturated heterocycles. The van der Waals surface area contributed by atoms with Gasteiger partial charge in [-0.1, -0.05) is 6.92 Å². The van der Waals surface area contributed by atoms with Gasteiger partial charge in [-0.05, 0) is 89.8 Å². The molecule has 1 unspecified atom stereocenters. The van der Waals surface area contributed by atoms with Gasteiger partial charge in [-0.3, -0.25) is 14.9 Å². The van der Waals surface area contributed by atoms with E-state index in [2.05, 4.69) is 40.1 Å². The SMILES string of the molecule is CC1CCc2c(sc(NC(=S)NC(=O)c3ccc(I)cc3)c2C(N)=O)C1. The first-order valence-corrected chi connectivity index (χ1v) is 10.5. The minimum Gasteiger partial charge on any atom is -0.365 e. The third-order valence-electron chi connectivity index (χ3n) is 4.32. The van der Waals surface area contributed by atoms with Gasteiger partial charge in [0.1, 0.15) is 5.00 Å². The Morgan fingerprint density at radius 2 is 2.00 bits per heavy atom. The lowest BCUT2D eigenvalue weighted by molar-refractivity contribution is 0.0975. The van der Waals surface area contributed by atoms with Crippen molar-refractivity contribution in [2.75, 3.05) is 5.32 Å². The van der Waals surface area contributed by atoms with Crippen LogP contribution in [0.3, 0.4) is 0 Å². The second-order valence-corrected chi connectivity index (χ2v) is 9.09. The minimum atomic E-state index is -0.466. The standard InChI is InChI=1S/C18H18IN3O2S2/c1-9-2-7-12-13(8-9)26-17(14(12)15(20)23)22-18(25)21-16(24)10-3-5-11(19)6-4-10/h3-6,9H,2,7-8H2,1H3,(H2,20,23)(H2,21,22,24,25). The number of nitrogens with one attached hydrogen (secondary N) is 2. The molecule has 26 heavy (non-hydrogen) atoms. The van der Waals surface area contributed by atoms with Crippen LogP contribution in [-0.2, 0) is 12.8 Å². The smallest absolute Gasteiger partial charge is 0.257 e. The van der Waals surface area contributed by atoms with Gasteiger partial charge in [-0.2, -0.15) is 0 Å². The Kier molecular flexibility index (Phi) is 5.93. The summed E-state index contributed by atoms with van der Waals surface area (Å²) in [6.07, 6.45) is 2.82. The van der Waals surface area contributed by atoms with Gasteiger partial charge < -0.3 is 11.1 Å². The highest BCUT2D eigenvalue weighted by atomic mass is 127. The molecule has 0 bridgehead atoms. The Hall–Kier alpha value is -1.52.